The van der Waals surface area contributed by atoms with Crippen LogP contribution in [0, 0.1) is 6.92 Å². The molecule has 1 amide bonds. The van der Waals surface area contributed by atoms with Gasteiger partial charge >= 0.3 is 0 Å². The van der Waals surface area contributed by atoms with E-state index in [0.29, 0.717) is 12.0 Å². The average Bonchev–Trinajstić information content (AvgIpc) is 3.05. The van der Waals surface area contributed by atoms with Gasteiger partial charge in [0.1, 0.15) is 0 Å². The summed E-state index contributed by atoms with van der Waals surface area (Å²) in [7, 11) is -2.99. The van der Waals surface area contributed by atoms with Crippen molar-refractivity contribution in [1.82, 2.24) is 15.1 Å². The summed E-state index contributed by atoms with van der Waals surface area (Å²) in [6.07, 6.45) is 2.34. The zero-order valence-electron chi connectivity index (χ0n) is 12.2. The van der Waals surface area contributed by atoms with E-state index in [9.17, 15) is 13.2 Å². The molecule has 116 valence electrons. The Labute approximate surface area is 129 Å². The largest absolute Gasteiger partial charge is 0.348 e. The van der Waals surface area contributed by atoms with E-state index in [0.717, 1.165) is 11.4 Å². The molecule has 0 unspecified atom stereocenters. The summed E-state index contributed by atoms with van der Waals surface area (Å²) in [5.74, 6) is -0.0656. The van der Waals surface area contributed by atoms with Gasteiger partial charge < -0.3 is 5.32 Å². The van der Waals surface area contributed by atoms with Crippen LogP contribution < -0.4 is 5.32 Å². The highest BCUT2D eigenvalue weighted by molar-refractivity contribution is 7.91. The van der Waals surface area contributed by atoms with E-state index < -0.39 is 9.84 Å². The van der Waals surface area contributed by atoms with Crippen LogP contribution in [0.4, 0.5) is 0 Å². The Morgan fingerprint density at radius 3 is 2.55 bits per heavy atom. The van der Waals surface area contributed by atoms with Crippen molar-refractivity contribution in [2.75, 3.05) is 11.5 Å². The molecule has 7 heteroatoms. The lowest BCUT2D eigenvalue weighted by Crippen LogP contribution is -2.35. The van der Waals surface area contributed by atoms with E-state index >= 15 is 0 Å². The third-order valence-electron chi connectivity index (χ3n) is 3.68. The predicted octanol–water partition coefficient (Wildman–Crippen LogP) is 1.10. The molecule has 0 radical (unpaired) electrons. The van der Waals surface area contributed by atoms with Crippen molar-refractivity contribution in [3.63, 3.8) is 0 Å². The van der Waals surface area contributed by atoms with Crippen molar-refractivity contribution in [3.8, 4) is 5.69 Å². The second-order valence-electron chi connectivity index (χ2n) is 5.52. The number of rotatable bonds is 3. The average molecular weight is 319 g/mol. The van der Waals surface area contributed by atoms with Gasteiger partial charge in [0.05, 0.1) is 22.9 Å². The van der Waals surface area contributed by atoms with Crippen molar-refractivity contribution in [2.24, 2.45) is 0 Å². The molecule has 22 heavy (non-hydrogen) atoms. The Balaban J connectivity index is 1.69. The van der Waals surface area contributed by atoms with Crippen molar-refractivity contribution in [3.05, 3.63) is 47.8 Å². The van der Waals surface area contributed by atoms with Gasteiger partial charge in [-0.05, 0) is 43.7 Å². The molecule has 2 heterocycles. The van der Waals surface area contributed by atoms with Gasteiger partial charge in [-0.2, -0.15) is 5.10 Å². The molecule has 1 fully saturated rings. The van der Waals surface area contributed by atoms with Crippen LogP contribution in [0.15, 0.2) is 36.5 Å². The summed E-state index contributed by atoms with van der Waals surface area (Å²) >= 11 is 0. The third kappa shape index (κ3) is 3.19. The molecule has 1 atom stereocenters. The molecule has 0 bridgehead atoms. The first-order valence-electron chi connectivity index (χ1n) is 7.07. The third-order valence-corrected chi connectivity index (χ3v) is 5.45. The number of carbonyl (C=O) groups excluding carboxylic acids is 1. The monoisotopic (exact) mass is 319 g/mol. The van der Waals surface area contributed by atoms with E-state index in [1.165, 1.54) is 0 Å². The van der Waals surface area contributed by atoms with Crippen LogP contribution in [-0.4, -0.2) is 41.7 Å². The Morgan fingerprint density at radius 1 is 1.27 bits per heavy atom. The Kier molecular flexibility index (Phi) is 3.74. The lowest BCUT2D eigenvalue weighted by atomic mass is 10.1. The van der Waals surface area contributed by atoms with Crippen LogP contribution in [0.2, 0.25) is 0 Å². The maximum Gasteiger partial charge on any atom is 0.251 e. The molecular formula is C15H17N3O3S. The van der Waals surface area contributed by atoms with Crippen LogP contribution in [0.25, 0.3) is 5.69 Å². The smallest absolute Gasteiger partial charge is 0.251 e. The van der Waals surface area contributed by atoms with Crippen molar-refractivity contribution in [1.29, 1.82) is 0 Å². The highest BCUT2D eigenvalue weighted by Gasteiger charge is 2.29. The first-order chi connectivity index (χ1) is 10.4. The van der Waals surface area contributed by atoms with Crippen molar-refractivity contribution >= 4 is 15.7 Å². The summed E-state index contributed by atoms with van der Waals surface area (Å²) < 4.78 is 24.5. The van der Waals surface area contributed by atoms with Gasteiger partial charge in [0.15, 0.2) is 9.84 Å². The zero-order chi connectivity index (χ0) is 15.7. The van der Waals surface area contributed by atoms with Gasteiger partial charge in [-0.15, -0.1) is 0 Å². The normalized spacial score (nSPS) is 20.0. The fourth-order valence-electron chi connectivity index (χ4n) is 2.50. The zero-order valence-corrected chi connectivity index (χ0v) is 13.0. The Hall–Kier alpha value is -2.15. The molecule has 0 saturated carbocycles. The number of sulfone groups is 1. The van der Waals surface area contributed by atoms with E-state index in [-0.39, 0.29) is 23.5 Å². The number of hydrogen-bond donors (Lipinski definition) is 1. The highest BCUT2D eigenvalue weighted by atomic mass is 32.2. The van der Waals surface area contributed by atoms with Crippen LogP contribution in [-0.2, 0) is 9.84 Å². The Morgan fingerprint density at radius 2 is 2.00 bits per heavy atom. The molecule has 2 aromatic rings. The minimum absolute atomic E-state index is 0.0311. The van der Waals surface area contributed by atoms with Gasteiger partial charge in [0.25, 0.3) is 5.91 Å². The molecular weight excluding hydrogens is 302 g/mol. The van der Waals surface area contributed by atoms with Gasteiger partial charge in [-0.25, -0.2) is 13.1 Å². The number of nitrogens with zero attached hydrogens (tertiary/aromatic N) is 2. The number of amides is 1. The highest BCUT2D eigenvalue weighted by Crippen LogP contribution is 2.13. The van der Waals surface area contributed by atoms with Crippen molar-refractivity contribution < 1.29 is 13.2 Å². The molecule has 1 aliphatic rings. The molecule has 0 spiro atoms. The van der Waals surface area contributed by atoms with Crippen LogP contribution in [0.5, 0.6) is 0 Å². The summed E-state index contributed by atoms with van der Waals surface area (Å²) in [6.45, 7) is 1.91. The maximum absolute atomic E-state index is 12.1. The summed E-state index contributed by atoms with van der Waals surface area (Å²) in [5, 5.41) is 7.08. The minimum atomic E-state index is -2.99. The van der Waals surface area contributed by atoms with Crippen LogP contribution >= 0.6 is 0 Å². The van der Waals surface area contributed by atoms with Gasteiger partial charge in [0.2, 0.25) is 0 Å². The lowest BCUT2D eigenvalue weighted by Gasteiger charge is -2.11. The molecule has 3 rings (SSSR count). The van der Waals surface area contributed by atoms with E-state index in [2.05, 4.69) is 10.4 Å². The van der Waals surface area contributed by atoms with Crippen LogP contribution in [0.3, 0.4) is 0 Å². The molecule has 1 aliphatic heterocycles. The predicted molar refractivity (Wildman–Crippen MR) is 82.8 cm³/mol. The van der Waals surface area contributed by atoms with Crippen LogP contribution in [0.1, 0.15) is 22.5 Å². The molecule has 1 aromatic carbocycles. The molecule has 1 aromatic heterocycles. The van der Waals surface area contributed by atoms with Gasteiger partial charge in [0, 0.05) is 17.8 Å². The number of benzene rings is 1. The maximum atomic E-state index is 12.1. The molecule has 0 aliphatic carbocycles. The number of nitrogens with one attached hydrogen (secondary N) is 1. The fourth-order valence-corrected chi connectivity index (χ4v) is 4.18. The lowest BCUT2D eigenvalue weighted by molar-refractivity contribution is 0.0941. The summed E-state index contributed by atoms with van der Waals surface area (Å²) in [5.41, 5.74) is 2.30. The van der Waals surface area contributed by atoms with Gasteiger partial charge in [-0.1, -0.05) is 0 Å². The van der Waals surface area contributed by atoms with Gasteiger partial charge in [-0.3, -0.25) is 4.79 Å². The Bertz CT molecular complexity index is 794. The van der Waals surface area contributed by atoms with E-state index in [1.807, 2.05) is 31.3 Å². The number of aryl methyl sites for hydroxylation is 1. The summed E-state index contributed by atoms with van der Waals surface area (Å²) in [4.78, 5) is 12.1. The second-order valence-corrected chi connectivity index (χ2v) is 7.75. The molecule has 1 N–H and O–H groups in total. The number of hydrogen-bond acceptors (Lipinski definition) is 4. The fraction of sp³-hybridized carbons (Fsp3) is 0.333. The number of carbonyl (C=O) groups is 1. The first kappa shape index (κ1) is 14.8. The van der Waals surface area contributed by atoms with E-state index in [4.69, 9.17) is 0 Å². The first-order valence-corrected chi connectivity index (χ1v) is 8.89. The second kappa shape index (κ2) is 5.57. The number of aromatic nitrogens is 2. The molecule has 1 saturated heterocycles. The van der Waals surface area contributed by atoms with Crippen molar-refractivity contribution in [2.45, 2.75) is 19.4 Å². The minimum Gasteiger partial charge on any atom is -0.348 e. The molecule has 6 nitrogen and oxygen atoms in total. The SMILES string of the molecule is Cc1ccn(-c2ccc(C(=O)N[C@H]3CCS(=O)(=O)C3)cc2)n1. The van der Waals surface area contributed by atoms with E-state index in [1.54, 1.807) is 16.8 Å². The quantitative estimate of drug-likeness (QED) is 0.918. The summed E-state index contributed by atoms with van der Waals surface area (Å²) in [6, 6.07) is 8.67. The topological polar surface area (TPSA) is 81.1 Å². The standard InChI is InChI=1S/C15H17N3O3S/c1-11-6-8-18(17-11)14-4-2-12(3-5-14)15(19)16-13-7-9-22(20,21)10-13/h2-6,8,13H,7,9-10H2,1H3,(H,16,19)/t13-/m0/s1.